The van der Waals surface area contributed by atoms with Crippen molar-refractivity contribution in [2.45, 2.75) is 51.9 Å². The van der Waals surface area contributed by atoms with E-state index in [1.54, 1.807) is 0 Å². The van der Waals surface area contributed by atoms with Crippen LogP contribution < -0.4 is 0 Å². The molecule has 0 fully saturated rings. The molecule has 2 rings (SSSR count). The molecule has 0 radical (unpaired) electrons. The molecule has 0 amide bonds. The SMILES string of the molecule is C=CCC(c1ccccc1)c1cc(C(C)C)c(O)c(C(C)C)c1. The van der Waals surface area contributed by atoms with Crippen molar-refractivity contribution in [1.29, 1.82) is 0 Å². The highest BCUT2D eigenvalue weighted by Crippen LogP contribution is 2.39. The van der Waals surface area contributed by atoms with Crippen molar-refractivity contribution in [3.05, 3.63) is 77.4 Å². The van der Waals surface area contributed by atoms with Gasteiger partial charge in [0.2, 0.25) is 0 Å². The Morgan fingerprint density at radius 3 is 1.87 bits per heavy atom. The lowest BCUT2D eigenvalue weighted by atomic mass is 9.83. The molecule has 0 saturated heterocycles. The van der Waals surface area contributed by atoms with E-state index in [4.69, 9.17) is 0 Å². The molecule has 0 saturated carbocycles. The maximum atomic E-state index is 10.6. The lowest BCUT2D eigenvalue weighted by molar-refractivity contribution is 0.454. The predicted octanol–water partition coefficient (Wildman–Crippen LogP) is 6.35. The summed E-state index contributed by atoms with van der Waals surface area (Å²) in [5.74, 6) is 1.34. The van der Waals surface area contributed by atoms with Crippen molar-refractivity contribution >= 4 is 0 Å². The van der Waals surface area contributed by atoms with Gasteiger partial charge in [0, 0.05) is 5.92 Å². The van der Waals surface area contributed by atoms with Gasteiger partial charge in [-0.1, -0.05) is 76.2 Å². The lowest BCUT2D eigenvalue weighted by Crippen LogP contribution is -2.04. The van der Waals surface area contributed by atoms with Crippen molar-refractivity contribution in [1.82, 2.24) is 0 Å². The molecule has 0 aliphatic carbocycles. The zero-order valence-corrected chi connectivity index (χ0v) is 14.7. The highest BCUT2D eigenvalue weighted by atomic mass is 16.3. The van der Waals surface area contributed by atoms with Crippen LogP contribution in [0.2, 0.25) is 0 Å². The van der Waals surface area contributed by atoms with Gasteiger partial charge >= 0.3 is 0 Å². The molecule has 0 spiro atoms. The van der Waals surface area contributed by atoms with E-state index in [0.29, 0.717) is 17.6 Å². The van der Waals surface area contributed by atoms with Crippen molar-refractivity contribution in [3.8, 4) is 5.75 Å². The lowest BCUT2D eigenvalue weighted by Gasteiger charge is -2.22. The summed E-state index contributed by atoms with van der Waals surface area (Å²) in [6.45, 7) is 12.5. The van der Waals surface area contributed by atoms with E-state index in [2.05, 4.69) is 70.7 Å². The third-order valence-corrected chi connectivity index (χ3v) is 4.44. The number of allylic oxidation sites excluding steroid dienone is 1. The fourth-order valence-electron chi connectivity index (χ4n) is 3.10. The van der Waals surface area contributed by atoms with Gasteiger partial charge in [0.25, 0.3) is 0 Å². The maximum Gasteiger partial charge on any atom is 0.122 e. The number of benzene rings is 2. The first-order valence-electron chi connectivity index (χ1n) is 8.48. The first-order valence-corrected chi connectivity index (χ1v) is 8.48. The second kappa shape index (κ2) is 7.50. The third-order valence-electron chi connectivity index (χ3n) is 4.44. The Balaban J connectivity index is 2.61. The monoisotopic (exact) mass is 308 g/mol. The molecule has 1 unspecified atom stereocenters. The average molecular weight is 308 g/mol. The number of hydrogen-bond donors (Lipinski definition) is 1. The molecule has 2 aromatic rings. The molecule has 0 bridgehead atoms. The van der Waals surface area contributed by atoms with E-state index in [1.165, 1.54) is 11.1 Å². The number of phenolic OH excluding ortho intramolecular Hbond substituents is 1. The van der Waals surface area contributed by atoms with Crippen molar-refractivity contribution < 1.29 is 5.11 Å². The summed E-state index contributed by atoms with van der Waals surface area (Å²) < 4.78 is 0. The summed E-state index contributed by atoms with van der Waals surface area (Å²) in [5, 5.41) is 10.6. The molecule has 0 heterocycles. The second-order valence-corrected chi connectivity index (χ2v) is 6.85. The number of aromatic hydroxyl groups is 1. The number of hydrogen-bond acceptors (Lipinski definition) is 1. The Morgan fingerprint density at radius 2 is 1.43 bits per heavy atom. The topological polar surface area (TPSA) is 20.2 Å². The quantitative estimate of drug-likeness (QED) is 0.617. The standard InChI is InChI=1S/C22H28O/c1-6-10-19(17-11-8-7-9-12-17)18-13-20(15(2)3)22(23)21(14-18)16(4)5/h6-9,11-16,19,23H,1,10H2,2-5H3. The van der Waals surface area contributed by atoms with Crippen LogP contribution in [0.1, 0.15) is 74.1 Å². The summed E-state index contributed by atoms with van der Waals surface area (Å²) in [7, 11) is 0. The highest BCUT2D eigenvalue weighted by molar-refractivity contribution is 5.49. The van der Waals surface area contributed by atoms with Gasteiger partial charge in [-0.05, 0) is 40.5 Å². The zero-order valence-electron chi connectivity index (χ0n) is 14.7. The fraction of sp³-hybridized carbons (Fsp3) is 0.364. The minimum Gasteiger partial charge on any atom is -0.507 e. The van der Waals surface area contributed by atoms with Gasteiger partial charge < -0.3 is 5.11 Å². The fourth-order valence-corrected chi connectivity index (χ4v) is 3.10. The van der Waals surface area contributed by atoms with Crippen LogP contribution in [0.4, 0.5) is 0 Å². The molecule has 122 valence electrons. The minimum absolute atomic E-state index is 0.282. The van der Waals surface area contributed by atoms with Crippen LogP contribution in [-0.4, -0.2) is 5.11 Å². The normalized spacial score (nSPS) is 12.6. The molecule has 2 aromatic carbocycles. The Bertz CT molecular complexity index is 624. The predicted molar refractivity (Wildman–Crippen MR) is 99.4 cm³/mol. The minimum atomic E-state index is 0.282. The largest absolute Gasteiger partial charge is 0.507 e. The van der Waals surface area contributed by atoms with Gasteiger partial charge in [0.15, 0.2) is 0 Å². The van der Waals surface area contributed by atoms with Crippen LogP contribution in [0.5, 0.6) is 5.75 Å². The van der Waals surface area contributed by atoms with Crippen LogP contribution in [0.15, 0.2) is 55.1 Å². The van der Waals surface area contributed by atoms with E-state index in [9.17, 15) is 5.11 Å². The summed E-state index contributed by atoms with van der Waals surface area (Å²) in [6.07, 6.45) is 2.87. The van der Waals surface area contributed by atoms with Crippen molar-refractivity contribution in [3.63, 3.8) is 0 Å². The van der Waals surface area contributed by atoms with Crippen LogP contribution in [0.25, 0.3) is 0 Å². The van der Waals surface area contributed by atoms with Gasteiger partial charge in [-0.15, -0.1) is 6.58 Å². The Labute approximate surface area is 140 Å². The Hall–Kier alpha value is -2.02. The van der Waals surface area contributed by atoms with Crippen LogP contribution in [-0.2, 0) is 0 Å². The molecule has 0 aromatic heterocycles. The van der Waals surface area contributed by atoms with E-state index in [-0.39, 0.29) is 5.92 Å². The summed E-state index contributed by atoms with van der Waals surface area (Å²) >= 11 is 0. The zero-order chi connectivity index (χ0) is 17.0. The van der Waals surface area contributed by atoms with Gasteiger partial charge in [-0.25, -0.2) is 0 Å². The Kier molecular flexibility index (Phi) is 5.65. The molecule has 1 N–H and O–H groups in total. The molecular formula is C22H28O. The molecule has 0 aliphatic rings. The van der Waals surface area contributed by atoms with Crippen LogP contribution >= 0.6 is 0 Å². The molecule has 1 atom stereocenters. The molecule has 1 nitrogen and oxygen atoms in total. The number of phenols is 1. The summed E-state index contributed by atoms with van der Waals surface area (Å²) in [5.41, 5.74) is 4.64. The molecular weight excluding hydrogens is 280 g/mol. The second-order valence-electron chi connectivity index (χ2n) is 6.85. The molecule has 1 heteroatoms. The highest BCUT2D eigenvalue weighted by Gasteiger charge is 2.20. The Morgan fingerprint density at radius 1 is 0.913 bits per heavy atom. The molecule has 0 aliphatic heterocycles. The first-order chi connectivity index (χ1) is 11.0. The summed E-state index contributed by atoms with van der Waals surface area (Å²) in [4.78, 5) is 0. The van der Waals surface area contributed by atoms with Gasteiger partial charge in [-0.2, -0.15) is 0 Å². The van der Waals surface area contributed by atoms with E-state index in [1.807, 2.05) is 12.1 Å². The van der Waals surface area contributed by atoms with E-state index < -0.39 is 0 Å². The third kappa shape index (κ3) is 3.85. The van der Waals surface area contributed by atoms with Crippen molar-refractivity contribution in [2.75, 3.05) is 0 Å². The van der Waals surface area contributed by atoms with Crippen LogP contribution in [0, 0.1) is 0 Å². The van der Waals surface area contributed by atoms with Gasteiger partial charge in [-0.3, -0.25) is 0 Å². The van der Waals surface area contributed by atoms with Gasteiger partial charge in [0.1, 0.15) is 5.75 Å². The van der Waals surface area contributed by atoms with Crippen LogP contribution in [0.3, 0.4) is 0 Å². The van der Waals surface area contributed by atoms with Crippen molar-refractivity contribution in [2.24, 2.45) is 0 Å². The maximum absolute atomic E-state index is 10.6. The van der Waals surface area contributed by atoms with Gasteiger partial charge in [0.05, 0.1) is 0 Å². The van der Waals surface area contributed by atoms with E-state index in [0.717, 1.165) is 17.5 Å². The molecule has 23 heavy (non-hydrogen) atoms. The first kappa shape index (κ1) is 17.3. The number of rotatable bonds is 6. The smallest absolute Gasteiger partial charge is 0.122 e. The average Bonchev–Trinajstić information content (AvgIpc) is 2.53. The van der Waals surface area contributed by atoms with E-state index >= 15 is 0 Å². The summed E-state index contributed by atoms with van der Waals surface area (Å²) in [6, 6.07) is 14.9.